The van der Waals surface area contributed by atoms with E-state index in [4.69, 9.17) is 23.7 Å². The van der Waals surface area contributed by atoms with Crippen molar-refractivity contribution in [2.75, 3.05) is 25.0 Å². The van der Waals surface area contributed by atoms with Gasteiger partial charge in [0.2, 0.25) is 11.6 Å². The second-order valence-corrected chi connectivity index (χ2v) is 13.0. The third-order valence-corrected chi connectivity index (χ3v) is 8.12. The minimum atomic E-state index is -4.23. The van der Waals surface area contributed by atoms with Gasteiger partial charge in [0.1, 0.15) is 19.8 Å². The highest BCUT2D eigenvalue weighted by Crippen LogP contribution is 2.41. The van der Waals surface area contributed by atoms with Gasteiger partial charge in [-0.15, -0.1) is 0 Å². The van der Waals surface area contributed by atoms with Crippen LogP contribution in [0.4, 0.5) is 10.6 Å². The Labute approximate surface area is 283 Å². The van der Waals surface area contributed by atoms with Crippen LogP contribution in [0.25, 0.3) is 11.6 Å². The summed E-state index contributed by atoms with van der Waals surface area (Å²) in [4.78, 5) is 33.5. The lowest BCUT2D eigenvalue weighted by molar-refractivity contribution is 0.0406. The zero-order valence-corrected chi connectivity index (χ0v) is 28.0. The number of carbonyl (C=O) groups excluding carboxylic acids is 1. The molecule has 49 heavy (non-hydrogen) atoms. The van der Waals surface area contributed by atoms with Gasteiger partial charge in [-0.25, -0.2) is 28.2 Å². The molecule has 0 fully saturated rings. The van der Waals surface area contributed by atoms with E-state index in [1.165, 1.54) is 31.6 Å². The van der Waals surface area contributed by atoms with Crippen LogP contribution in [0.1, 0.15) is 31.9 Å². The highest BCUT2D eigenvalue weighted by Gasteiger charge is 2.26. The number of para-hydroxylation sites is 2. The molecule has 0 amide bonds. The molecule has 5 rings (SSSR count). The number of nitrogens with zero attached hydrogens (tertiary/aromatic N) is 5. The normalized spacial score (nSPS) is 11.3. The number of hydrogen-bond acceptors (Lipinski definition) is 13. The van der Waals surface area contributed by atoms with Gasteiger partial charge < -0.3 is 23.7 Å². The van der Waals surface area contributed by atoms with E-state index in [-0.39, 0.29) is 65.0 Å². The maximum absolute atomic E-state index is 13.7. The molecule has 3 heterocycles. The van der Waals surface area contributed by atoms with E-state index in [2.05, 4.69) is 29.6 Å². The molecule has 0 aliphatic carbocycles. The van der Waals surface area contributed by atoms with Crippen molar-refractivity contribution >= 4 is 22.0 Å². The standard InChI is InChI=1S/C34H34N6O8S/c1-34(2,3)24-12-14-25(15-13-24)49(42,43)40-29-28(48-27-11-6-5-10-26(27)44-4)32(39-31(38-29)30-36-17-8-18-37-30)45-19-20-46-33(41)47-22-23-9-7-16-35-21-23/h5-18,21H,19-20,22H2,1-4H3,(H,38,39,40). The van der Waals surface area contributed by atoms with E-state index < -0.39 is 16.2 Å². The van der Waals surface area contributed by atoms with Crippen molar-refractivity contribution in [1.82, 2.24) is 24.9 Å². The molecule has 1 N–H and O–H groups in total. The fourth-order valence-electron chi connectivity index (χ4n) is 4.27. The van der Waals surface area contributed by atoms with Crippen LogP contribution in [-0.2, 0) is 31.5 Å². The van der Waals surface area contributed by atoms with Gasteiger partial charge in [-0.05, 0) is 47.4 Å². The average Bonchev–Trinajstić information content (AvgIpc) is 3.10. The van der Waals surface area contributed by atoms with Gasteiger partial charge >= 0.3 is 6.16 Å². The summed E-state index contributed by atoms with van der Waals surface area (Å²) in [6.07, 6.45) is 5.21. The maximum atomic E-state index is 13.7. The number of methoxy groups -OCH3 is 1. The second-order valence-electron chi connectivity index (χ2n) is 11.3. The molecule has 0 aliphatic rings. The number of benzene rings is 2. The van der Waals surface area contributed by atoms with E-state index >= 15 is 0 Å². The molecule has 2 aromatic carbocycles. The van der Waals surface area contributed by atoms with Gasteiger partial charge in [-0.3, -0.25) is 9.71 Å². The predicted molar refractivity (Wildman–Crippen MR) is 178 cm³/mol. The molecule has 0 atom stereocenters. The summed E-state index contributed by atoms with van der Waals surface area (Å²) in [6, 6.07) is 18.3. The van der Waals surface area contributed by atoms with Crippen LogP contribution < -0.4 is 18.9 Å². The summed E-state index contributed by atoms with van der Waals surface area (Å²) in [6.45, 7) is 5.59. The molecule has 0 bridgehead atoms. The van der Waals surface area contributed by atoms with Gasteiger partial charge in [0, 0.05) is 30.4 Å². The van der Waals surface area contributed by atoms with Crippen molar-refractivity contribution in [3.05, 3.63) is 103 Å². The smallest absolute Gasteiger partial charge is 0.493 e. The summed E-state index contributed by atoms with van der Waals surface area (Å²) in [5.41, 5.74) is 1.45. The molecular formula is C34H34N6O8S. The number of carbonyl (C=O) groups is 1. The van der Waals surface area contributed by atoms with Crippen LogP contribution in [-0.4, -0.2) is 59.8 Å². The summed E-state index contributed by atoms with van der Waals surface area (Å²) >= 11 is 0. The number of sulfonamides is 1. The Kier molecular flexibility index (Phi) is 10.8. The van der Waals surface area contributed by atoms with Crippen LogP contribution in [0.3, 0.4) is 0 Å². The first-order valence-corrected chi connectivity index (χ1v) is 16.5. The molecule has 14 nitrogen and oxygen atoms in total. The Hall–Kier alpha value is -5.83. The number of aromatic nitrogens is 5. The number of rotatable bonds is 13. The monoisotopic (exact) mass is 686 g/mol. The van der Waals surface area contributed by atoms with Gasteiger partial charge in [-0.1, -0.05) is 51.1 Å². The fraction of sp³-hybridized carbons (Fsp3) is 0.235. The lowest BCUT2D eigenvalue weighted by Gasteiger charge is -2.20. The number of anilines is 1. The molecular weight excluding hydrogens is 652 g/mol. The van der Waals surface area contributed by atoms with Crippen molar-refractivity contribution in [3.63, 3.8) is 0 Å². The number of ether oxygens (including phenoxy) is 5. The highest BCUT2D eigenvalue weighted by molar-refractivity contribution is 7.92. The van der Waals surface area contributed by atoms with Gasteiger partial charge in [0.25, 0.3) is 15.9 Å². The van der Waals surface area contributed by atoms with E-state index in [1.54, 1.807) is 67.0 Å². The number of nitrogens with one attached hydrogen (secondary N) is 1. The molecule has 254 valence electrons. The van der Waals surface area contributed by atoms with Crippen LogP contribution in [0.5, 0.6) is 23.1 Å². The van der Waals surface area contributed by atoms with Crippen molar-refractivity contribution in [2.45, 2.75) is 37.7 Å². The third kappa shape index (κ3) is 9.16. The van der Waals surface area contributed by atoms with Crippen molar-refractivity contribution in [1.29, 1.82) is 0 Å². The van der Waals surface area contributed by atoms with Crippen molar-refractivity contribution in [3.8, 4) is 34.8 Å². The zero-order valence-electron chi connectivity index (χ0n) is 27.2. The number of pyridine rings is 1. The average molecular weight is 687 g/mol. The zero-order chi connectivity index (χ0) is 34.9. The lowest BCUT2D eigenvalue weighted by atomic mass is 9.87. The molecule has 0 radical (unpaired) electrons. The van der Waals surface area contributed by atoms with Gasteiger partial charge in [0.15, 0.2) is 23.1 Å². The summed E-state index contributed by atoms with van der Waals surface area (Å²) in [5, 5.41) is 0. The van der Waals surface area contributed by atoms with Gasteiger partial charge in [0.05, 0.1) is 12.0 Å². The molecule has 5 aromatic rings. The Balaban J connectivity index is 1.47. The Morgan fingerprint density at radius 1 is 0.816 bits per heavy atom. The van der Waals surface area contributed by atoms with Crippen molar-refractivity contribution < 1.29 is 36.9 Å². The van der Waals surface area contributed by atoms with Crippen LogP contribution in [0.15, 0.2) is 96.4 Å². The summed E-state index contributed by atoms with van der Waals surface area (Å²) < 4.78 is 57.8. The van der Waals surface area contributed by atoms with Crippen LogP contribution in [0.2, 0.25) is 0 Å². The molecule has 15 heteroatoms. The molecule has 0 spiro atoms. The van der Waals surface area contributed by atoms with E-state index in [0.29, 0.717) is 11.3 Å². The van der Waals surface area contributed by atoms with Crippen LogP contribution in [0, 0.1) is 0 Å². The lowest BCUT2D eigenvalue weighted by Crippen LogP contribution is -2.18. The highest BCUT2D eigenvalue weighted by atomic mass is 32.2. The predicted octanol–water partition coefficient (Wildman–Crippen LogP) is 5.96. The Bertz CT molecular complexity index is 1970. The Morgan fingerprint density at radius 3 is 2.22 bits per heavy atom. The Morgan fingerprint density at radius 2 is 1.55 bits per heavy atom. The quantitative estimate of drug-likeness (QED) is 0.114. The topological polar surface area (TPSA) is 174 Å². The first-order valence-electron chi connectivity index (χ1n) is 15.0. The molecule has 0 unspecified atom stereocenters. The first-order chi connectivity index (χ1) is 23.5. The van der Waals surface area contributed by atoms with Crippen LogP contribution >= 0.6 is 0 Å². The summed E-state index contributed by atoms with van der Waals surface area (Å²) in [7, 11) is -2.77. The SMILES string of the molecule is COc1ccccc1Oc1c(NS(=O)(=O)c2ccc(C(C)(C)C)cc2)nc(-c2ncccn2)nc1OCCOC(=O)OCc1cccnc1. The van der Waals surface area contributed by atoms with E-state index in [9.17, 15) is 13.2 Å². The van der Waals surface area contributed by atoms with E-state index in [0.717, 1.165) is 5.56 Å². The first kappa shape index (κ1) is 34.5. The third-order valence-electron chi connectivity index (χ3n) is 6.76. The van der Waals surface area contributed by atoms with Crippen molar-refractivity contribution in [2.24, 2.45) is 0 Å². The second kappa shape index (κ2) is 15.4. The largest absolute Gasteiger partial charge is 0.508 e. The summed E-state index contributed by atoms with van der Waals surface area (Å²) in [5.74, 6) is -0.0886. The molecule has 0 saturated heterocycles. The molecule has 0 aliphatic heterocycles. The fourth-order valence-corrected chi connectivity index (χ4v) is 5.27. The maximum Gasteiger partial charge on any atom is 0.508 e. The van der Waals surface area contributed by atoms with Gasteiger partial charge in [-0.2, -0.15) is 4.98 Å². The minimum Gasteiger partial charge on any atom is -0.493 e. The van der Waals surface area contributed by atoms with E-state index in [1.807, 2.05) is 20.8 Å². The molecule has 0 saturated carbocycles. The molecule has 3 aromatic heterocycles. The minimum absolute atomic E-state index is 0.0134. The number of hydrogen-bond donors (Lipinski definition) is 1.